The lowest BCUT2D eigenvalue weighted by Gasteiger charge is -2.18. The van der Waals surface area contributed by atoms with Crippen molar-refractivity contribution in [1.82, 2.24) is 0 Å². The highest BCUT2D eigenvalue weighted by Gasteiger charge is 2.19. The molecular weight excluding hydrogens is 853 g/mol. The number of rotatable bonds is 58. The molecule has 0 bridgehead atoms. The van der Waals surface area contributed by atoms with E-state index < -0.39 is 6.10 Å². The summed E-state index contributed by atoms with van der Waals surface area (Å²) in [5.74, 6) is -0.859. The third-order valence-electron chi connectivity index (χ3n) is 14.3. The van der Waals surface area contributed by atoms with E-state index >= 15 is 0 Å². The van der Waals surface area contributed by atoms with Crippen LogP contribution in [0.4, 0.5) is 0 Å². The Labute approximate surface area is 431 Å². The van der Waals surface area contributed by atoms with Crippen LogP contribution in [0.1, 0.15) is 355 Å². The fourth-order valence-corrected chi connectivity index (χ4v) is 9.56. The van der Waals surface area contributed by atoms with Crippen molar-refractivity contribution in [1.29, 1.82) is 0 Å². The van der Waals surface area contributed by atoms with Gasteiger partial charge in [0.1, 0.15) is 13.2 Å². The normalized spacial score (nSPS) is 12.0. The second-order valence-electron chi connectivity index (χ2n) is 21.3. The zero-order valence-corrected chi connectivity index (χ0v) is 46.9. The minimum absolute atomic E-state index is 0.0661. The van der Waals surface area contributed by atoms with E-state index in [1.165, 1.54) is 250 Å². The van der Waals surface area contributed by atoms with Crippen LogP contribution in [-0.2, 0) is 28.6 Å². The molecule has 0 saturated heterocycles. The van der Waals surface area contributed by atoms with Gasteiger partial charge in [-0.05, 0) is 44.9 Å². The molecule has 6 heteroatoms. The van der Waals surface area contributed by atoms with Crippen molar-refractivity contribution in [3.8, 4) is 0 Å². The number of ether oxygens (including phenoxy) is 3. The quantitative estimate of drug-likeness (QED) is 0.0261. The summed E-state index contributed by atoms with van der Waals surface area (Å²) in [4.78, 5) is 37.9. The van der Waals surface area contributed by atoms with E-state index in [2.05, 4.69) is 32.9 Å². The molecule has 0 radical (unpaired) electrons. The summed E-state index contributed by atoms with van der Waals surface area (Å²) < 4.78 is 16.8. The predicted molar refractivity (Wildman–Crippen MR) is 298 cm³/mol. The van der Waals surface area contributed by atoms with Crippen LogP contribution >= 0.6 is 0 Å². The highest BCUT2D eigenvalue weighted by molar-refractivity contribution is 5.71. The van der Waals surface area contributed by atoms with Crippen LogP contribution in [-0.4, -0.2) is 37.2 Å². The summed E-state index contributed by atoms with van der Waals surface area (Å²) >= 11 is 0. The Morgan fingerprint density at radius 3 is 0.725 bits per heavy atom. The molecule has 0 aliphatic carbocycles. The Morgan fingerprint density at radius 1 is 0.275 bits per heavy atom. The molecule has 0 aromatic heterocycles. The Kier molecular flexibility index (Phi) is 57.1. The Bertz CT molecular complexity index is 1070. The zero-order valence-electron chi connectivity index (χ0n) is 46.9. The van der Waals surface area contributed by atoms with Crippen molar-refractivity contribution in [2.75, 3.05) is 13.2 Å². The number of allylic oxidation sites excluding steroid dienone is 2. The summed E-state index contributed by atoms with van der Waals surface area (Å²) in [5.41, 5.74) is 0. The number of esters is 3. The maximum absolute atomic E-state index is 12.8. The molecule has 0 rings (SSSR count). The van der Waals surface area contributed by atoms with Gasteiger partial charge in [-0.15, -0.1) is 0 Å². The summed E-state index contributed by atoms with van der Waals surface area (Å²) in [6, 6.07) is 0. The van der Waals surface area contributed by atoms with Crippen molar-refractivity contribution < 1.29 is 28.6 Å². The first-order chi connectivity index (χ1) is 34.0. The van der Waals surface area contributed by atoms with Gasteiger partial charge in [-0.1, -0.05) is 303 Å². The molecule has 0 fully saturated rings. The lowest BCUT2D eigenvalue weighted by Crippen LogP contribution is -2.30. The van der Waals surface area contributed by atoms with E-state index in [0.29, 0.717) is 19.3 Å². The molecule has 0 aromatic rings. The number of carbonyl (C=O) groups is 3. The first kappa shape index (κ1) is 67.1. The van der Waals surface area contributed by atoms with Gasteiger partial charge >= 0.3 is 17.9 Å². The second kappa shape index (κ2) is 58.7. The molecular formula is C63H120O6. The van der Waals surface area contributed by atoms with Crippen LogP contribution in [0.2, 0.25) is 0 Å². The molecule has 0 N–H and O–H groups in total. The van der Waals surface area contributed by atoms with E-state index in [-0.39, 0.29) is 31.1 Å². The summed E-state index contributed by atoms with van der Waals surface area (Å²) in [6.07, 6.45) is 68.4. The van der Waals surface area contributed by atoms with Gasteiger partial charge in [-0.25, -0.2) is 0 Å². The molecule has 0 aliphatic heterocycles. The van der Waals surface area contributed by atoms with Crippen LogP contribution in [0.15, 0.2) is 12.2 Å². The van der Waals surface area contributed by atoms with Crippen LogP contribution in [0.5, 0.6) is 0 Å². The fraction of sp³-hybridized carbons (Fsp3) is 0.921. The summed E-state index contributed by atoms with van der Waals surface area (Å²) in [7, 11) is 0. The van der Waals surface area contributed by atoms with Gasteiger partial charge in [0.25, 0.3) is 0 Å². The highest BCUT2D eigenvalue weighted by Crippen LogP contribution is 2.18. The smallest absolute Gasteiger partial charge is 0.306 e. The van der Waals surface area contributed by atoms with Crippen molar-refractivity contribution in [2.45, 2.75) is 361 Å². The monoisotopic (exact) mass is 973 g/mol. The van der Waals surface area contributed by atoms with E-state index in [4.69, 9.17) is 14.2 Å². The lowest BCUT2D eigenvalue weighted by atomic mass is 10.0. The molecule has 0 aromatic carbocycles. The zero-order chi connectivity index (χ0) is 50.0. The van der Waals surface area contributed by atoms with Gasteiger partial charge in [0, 0.05) is 19.3 Å². The van der Waals surface area contributed by atoms with Gasteiger partial charge in [0.15, 0.2) is 6.10 Å². The number of hydrogen-bond donors (Lipinski definition) is 0. The van der Waals surface area contributed by atoms with Crippen LogP contribution < -0.4 is 0 Å². The van der Waals surface area contributed by atoms with E-state index in [0.717, 1.165) is 64.2 Å². The Hall–Kier alpha value is -1.85. The fourth-order valence-electron chi connectivity index (χ4n) is 9.56. The molecule has 0 saturated carbocycles. The average molecular weight is 974 g/mol. The van der Waals surface area contributed by atoms with Gasteiger partial charge in [0.2, 0.25) is 0 Å². The van der Waals surface area contributed by atoms with Gasteiger partial charge < -0.3 is 14.2 Å². The number of hydrogen-bond acceptors (Lipinski definition) is 6. The largest absolute Gasteiger partial charge is 0.462 e. The van der Waals surface area contributed by atoms with Gasteiger partial charge in [0.05, 0.1) is 0 Å². The maximum atomic E-state index is 12.8. The Balaban J connectivity index is 3.98. The highest BCUT2D eigenvalue weighted by atomic mass is 16.6. The third-order valence-corrected chi connectivity index (χ3v) is 14.3. The minimum Gasteiger partial charge on any atom is -0.462 e. The van der Waals surface area contributed by atoms with E-state index in [1.807, 2.05) is 0 Å². The SMILES string of the molecule is CCCCCCCCCC/C=C\CCCCCCCCCCCC(=O)OC(COC(=O)CCCCCCC)COC(=O)CCCCCCCCCCCCCCCCCCCCCCCCCCC. The molecule has 1 unspecified atom stereocenters. The molecule has 69 heavy (non-hydrogen) atoms. The van der Waals surface area contributed by atoms with Gasteiger partial charge in [-0.2, -0.15) is 0 Å². The second-order valence-corrected chi connectivity index (χ2v) is 21.3. The molecule has 0 spiro atoms. The molecule has 0 aliphatic rings. The molecule has 408 valence electrons. The predicted octanol–water partition coefficient (Wildman–Crippen LogP) is 20.9. The number of unbranched alkanes of at least 4 members (excludes halogenated alkanes) is 45. The molecule has 0 heterocycles. The first-order valence-electron chi connectivity index (χ1n) is 31.2. The van der Waals surface area contributed by atoms with Crippen LogP contribution in [0.3, 0.4) is 0 Å². The van der Waals surface area contributed by atoms with Crippen molar-refractivity contribution in [3.63, 3.8) is 0 Å². The lowest BCUT2D eigenvalue weighted by molar-refractivity contribution is -0.167. The van der Waals surface area contributed by atoms with Crippen molar-refractivity contribution in [2.24, 2.45) is 0 Å². The van der Waals surface area contributed by atoms with Gasteiger partial charge in [-0.3, -0.25) is 14.4 Å². The van der Waals surface area contributed by atoms with Crippen molar-refractivity contribution in [3.05, 3.63) is 12.2 Å². The third kappa shape index (κ3) is 56.9. The molecule has 0 amide bonds. The average Bonchev–Trinajstić information content (AvgIpc) is 3.35. The number of carbonyl (C=O) groups excluding carboxylic acids is 3. The maximum Gasteiger partial charge on any atom is 0.306 e. The minimum atomic E-state index is -0.764. The van der Waals surface area contributed by atoms with Crippen LogP contribution in [0, 0.1) is 0 Å². The summed E-state index contributed by atoms with van der Waals surface area (Å²) in [6.45, 7) is 6.62. The molecule has 1 atom stereocenters. The van der Waals surface area contributed by atoms with E-state index in [1.54, 1.807) is 0 Å². The summed E-state index contributed by atoms with van der Waals surface area (Å²) in [5, 5.41) is 0. The van der Waals surface area contributed by atoms with E-state index in [9.17, 15) is 14.4 Å². The Morgan fingerprint density at radius 2 is 0.478 bits per heavy atom. The topological polar surface area (TPSA) is 78.9 Å². The standard InChI is InChI=1S/C63H120O6/c1-4-7-10-13-15-17-19-21-23-25-27-29-30-31-32-34-35-37-39-41-43-45-47-50-53-56-62(65)68-59-60(58-67-61(64)55-52-49-12-9-6-3)69-63(66)57-54-51-48-46-44-42-40-38-36-33-28-26-24-22-20-18-16-14-11-8-5-2/h26,28,60H,4-25,27,29-59H2,1-3H3/b28-26-. The van der Waals surface area contributed by atoms with Crippen molar-refractivity contribution >= 4 is 17.9 Å². The molecule has 6 nitrogen and oxygen atoms in total. The van der Waals surface area contributed by atoms with Crippen LogP contribution in [0.25, 0.3) is 0 Å². The first-order valence-corrected chi connectivity index (χ1v) is 31.2.